The Morgan fingerprint density at radius 2 is 1.12 bits per heavy atom. The van der Waals surface area contributed by atoms with Gasteiger partial charge in [-0.3, -0.25) is 9.59 Å². The molecule has 0 bridgehead atoms. The lowest BCUT2D eigenvalue weighted by Crippen LogP contribution is -2.62. The van der Waals surface area contributed by atoms with Crippen molar-refractivity contribution in [2.24, 2.45) is 22.9 Å². The number of aliphatic hydroxyl groups excluding tert-OH is 4. The Bertz CT molecular complexity index is 2610. The van der Waals surface area contributed by atoms with Crippen LogP contribution in [0.4, 0.5) is 11.4 Å². The van der Waals surface area contributed by atoms with Gasteiger partial charge >= 0.3 is 0 Å². The summed E-state index contributed by atoms with van der Waals surface area (Å²) in [4.78, 5) is 31.5. The third kappa shape index (κ3) is 10.9. The Hall–Kier alpha value is -5.85. The second-order valence-electron chi connectivity index (χ2n) is 17.2. The first-order valence-corrected chi connectivity index (χ1v) is 22.1. The summed E-state index contributed by atoms with van der Waals surface area (Å²) in [6.07, 6.45) is 0.279. The number of nitrogens with zero attached hydrogens (tertiary/aromatic N) is 7. The van der Waals surface area contributed by atoms with E-state index in [2.05, 4.69) is 31.3 Å². The molecule has 2 amide bonds. The zero-order valence-electron chi connectivity index (χ0n) is 36.2. The highest BCUT2D eigenvalue weighted by Gasteiger charge is 2.42. The monoisotopic (exact) mass is 907 g/mol. The highest BCUT2D eigenvalue weighted by atomic mass is 16.5. The van der Waals surface area contributed by atoms with Gasteiger partial charge in [0.2, 0.25) is 11.8 Å². The molecular formula is C45H57N13O8. The van der Waals surface area contributed by atoms with E-state index in [1.54, 1.807) is 12.4 Å². The predicted octanol–water partition coefficient (Wildman–Crippen LogP) is -0.289. The van der Waals surface area contributed by atoms with E-state index in [4.69, 9.17) is 37.4 Å². The van der Waals surface area contributed by atoms with Crippen LogP contribution in [0.1, 0.15) is 37.1 Å². The topological polar surface area (TPSA) is 336 Å². The van der Waals surface area contributed by atoms with Crippen LogP contribution in [0.3, 0.4) is 0 Å². The highest BCUT2D eigenvalue weighted by Crippen LogP contribution is 2.35. The molecule has 0 aliphatic heterocycles. The molecular weight excluding hydrogens is 851 g/mol. The summed E-state index contributed by atoms with van der Waals surface area (Å²) in [5, 5.41) is 66.0. The van der Waals surface area contributed by atoms with Crippen LogP contribution >= 0.6 is 0 Å². The number of nitrogens with two attached hydrogens (primary N) is 4. The van der Waals surface area contributed by atoms with E-state index in [-0.39, 0.29) is 38.1 Å². The second-order valence-corrected chi connectivity index (χ2v) is 17.2. The summed E-state index contributed by atoms with van der Waals surface area (Å²) in [6.45, 7) is 0.417. The number of aryl methyl sites for hydroxylation is 2. The third-order valence-electron chi connectivity index (χ3n) is 12.2. The lowest BCUT2D eigenvalue weighted by molar-refractivity contribution is -0.127. The number of carbonyl (C=O) groups is 2. The van der Waals surface area contributed by atoms with Crippen LogP contribution in [-0.4, -0.2) is 141 Å². The van der Waals surface area contributed by atoms with Crippen molar-refractivity contribution in [1.29, 1.82) is 0 Å². The van der Waals surface area contributed by atoms with Gasteiger partial charge in [-0.2, -0.15) is 0 Å². The SMILES string of the molecule is N[C@@H]1C[C@H](N)[C@@H](OCCCc2cn(CC(=O)Nc3ccc4c(c3)nc(-c3ccccc3)c3cc(NC(=O)Cn5cc(CCCO[C@H]6[C@H](O)[C@@H](O)[C@H](N)C[C@@H]6N)nn5)ccc34)nn2)[C@H](O)[C@H]1O. The van der Waals surface area contributed by atoms with Crippen LogP contribution in [0.15, 0.2) is 79.1 Å². The van der Waals surface area contributed by atoms with E-state index in [0.29, 0.717) is 72.5 Å². The molecule has 21 heteroatoms. The molecule has 2 aliphatic carbocycles. The van der Waals surface area contributed by atoms with Gasteiger partial charge in [-0.05, 0) is 68.2 Å². The summed E-state index contributed by atoms with van der Waals surface area (Å²) in [6, 6.07) is 18.7. The molecule has 2 fully saturated rings. The average molecular weight is 908 g/mol. The van der Waals surface area contributed by atoms with E-state index >= 15 is 0 Å². The van der Waals surface area contributed by atoms with Gasteiger partial charge in [0.15, 0.2) is 0 Å². The number of hydrogen-bond acceptors (Lipinski definition) is 17. The van der Waals surface area contributed by atoms with Gasteiger partial charge in [-0.15, -0.1) is 10.2 Å². The van der Waals surface area contributed by atoms with Crippen molar-refractivity contribution in [3.63, 3.8) is 0 Å². The highest BCUT2D eigenvalue weighted by molar-refractivity contribution is 6.13. The Kier molecular flexibility index (Phi) is 14.7. The summed E-state index contributed by atoms with van der Waals surface area (Å²) >= 11 is 0. The van der Waals surface area contributed by atoms with E-state index in [1.807, 2.05) is 66.7 Å². The van der Waals surface area contributed by atoms with E-state index in [9.17, 15) is 30.0 Å². The molecule has 10 atom stereocenters. The maximum Gasteiger partial charge on any atom is 0.246 e. The number of fused-ring (bicyclic) bond motifs is 3. The Balaban J connectivity index is 0.866. The maximum absolute atomic E-state index is 13.3. The summed E-state index contributed by atoms with van der Waals surface area (Å²) in [5.74, 6) is -0.610. The molecule has 6 aromatic rings. The van der Waals surface area contributed by atoms with E-state index in [1.165, 1.54) is 9.36 Å². The van der Waals surface area contributed by atoms with Crippen LogP contribution in [0, 0.1) is 0 Å². The van der Waals surface area contributed by atoms with Crippen molar-refractivity contribution in [2.75, 3.05) is 23.8 Å². The molecule has 350 valence electrons. The molecule has 3 aromatic carbocycles. The first-order valence-electron chi connectivity index (χ1n) is 22.1. The number of amides is 2. The van der Waals surface area contributed by atoms with Crippen LogP contribution in [-0.2, 0) is 45.0 Å². The molecule has 8 rings (SSSR count). The van der Waals surface area contributed by atoms with Crippen LogP contribution in [0.2, 0.25) is 0 Å². The van der Waals surface area contributed by atoms with Crippen molar-refractivity contribution in [2.45, 2.75) is 112 Å². The van der Waals surface area contributed by atoms with Crippen molar-refractivity contribution in [3.05, 3.63) is 90.5 Å². The number of hydrogen-bond donors (Lipinski definition) is 10. The smallest absolute Gasteiger partial charge is 0.246 e. The minimum Gasteiger partial charge on any atom is -0.389 e. The number of ether oxygens (including phenoxy) is 2. The third-order valence-corrected chi connectivity index (χ3v) is 12.2. The molecule has 3 aromatic heterocycles. The van der Waals surface area contributed by atoms with Gasteiger partial charge in [0.25, 0.3) is 0 Å². The summed E-state index contributed by atoms with van der Waals surface area (Å²) in [5.41, 5.74) is 28.6. The standard InChI is InChI=1S/C45H57N13O8/c46-32-18-34(48)44(42(63)40(32)61)65-14-4-8-27-20-57(55-53-27)22-37(59)50-25-10-12-29-30-13-11-26(17-36(30)52-39(31(29)16-25)24-6-2-1-3-7-24)51-38(60)23-58-21-28(54-56-58)9-5-15-66-45-35(49)19-33(47)41(62)43(45)64/h1-3,6-7,10-13,16-17,20-21,32-35,40-45,61-64H,4-5,8-9,14-15,18-19,22-23,46-49H2,(H,50,59)(H,51,60)/t32-,33-,34+,35+,40+,41+,42-,43-,44-,45-/m1/s1. The lowest BCUT2D eigenvalue weighted by Gasteiger charge is -2.39. The number of aliphatic hydroxyl groups is 4. The Morgan fingerprint density at radius 1 is 0.621 bits per heavy atom. The maximum atomic E-state index is 13.3. The number of benzene rings is 3. The van der Waals surface area contributed by atoms with Crippen LogP contribution < -0.4 is 33.6 Å². The molecule has 2 saturated carbocycles. The summed E-state index contributed by atoms with van der Waals surface area (Å²) in [7, 11) is 0. The molecule has 66 heavy (non-hydrogen) atoms. The average Bonchev–Trinajstić information content (AvgIpc) is 3.95. The normalized spacial score (nSPS) is 25.6. The fraction of sp³-hybridized carbons (Fsp3) is 0.444. The van der Waals surface area contributed by atoms with Gasteiger partial charge in [0.1, 0.15) is 37.5 Å². The van der Waals surface area contributed by atoms with Crippen molar-refractivity contribution in [3.8, 4) is 11.3 Å². The molecule has 14 N–H and O–H groups in total. The molecule has 0 spiro atoms. The van der Waals surface area contributed by atoms with Crippen molar-refractivity contribution < 1.29 is 39.5 Å². The number of anilines is 2. The van der Waals surface area contributed by atoms with E-state index in [0.717, 1.165) is 21.7 Å². The first-order chi connectivity index (χ1) is 31.8. The summed E-state index contributed by atoms with van der Waals surface area (Å²) < 4.78 is 14.5. The van der Waals surface area contributed by atoms with Gasteiger partial charge in [0, 0.05) is 77.5 Å². The molecule has 0 saturated heterocycles. The van der Waals surface area contributed by atoms with Crippen LogP contribution in [0.25, 0.3) is 32.9 Å². The number of aromatic nitrogens is 7. The quantitative estimate of drug-likeness (QED) is 0.0415. The van der Waals surface area contributed by atoms with Gasteiger partial charge in [-0.1, -0.05) is 52.9 Å². The molecule has 21 nitrogen and oxygen atoms in total. The Labute approximate surface area is 379 Å². The largest absolute Gasteiger partial charge is 0.389 e. The number of carbonyl (C=O) groups excluding carboxylic acids is 2. The van der Waals surface area contributed by atoms with Gasteiger partial charge in [0.05, 0.1) is 34.8 Å². The first kappa shape index (κ1) is 46.7. The zero-order chi connectivity index (χ0) is 46.5. The Morgan fingerprint density at radius 3 is 1.65 bits per heavy atom. The number of nitrogens with one attached hydrogen (secondary N) is 2. The molecule has 3 heterocycles. The fourth-order valence-corrected chi connectivity index (χ4v) is 8.70. The zero-order valence-corrected chi connectivity index (χ0v) is 36.2. The molecule has 2 aliphatic rings. The lowest BCUT2D eigenvalue weighted by atomic mass is 9.85. The molecule has 0 radical (unpaired) electrons. The van der Waals surface area contributed by atoms with Crippen molar-refractivity contribution in [1.82, 2.24) is 35.0 Å². The predicted molar refractivity (Wildman–Crippen MR) is 243 cm³/mol. The minimum atomic E-state index is -1.16. The van der Waals surface area contributed by atoms with Crippen molar-refractivity contribution >= 4 is 44.9 Å². The van der Waals surface area contributed by atoms with Gasteiger partial charge < -0.3 is 63.5 Å². The second kappa shape index (κ2) is 20.8. The number of rotatable bonds is 17. The molecule has 0 unspecified atom stereocenters. The van der Waals surface area contributed by atoms with E-state index < -0.39 is 60.8 Å². The number of pyridine rings is 1. The van der Waals surface area contributed by atoms with Crippen LogP contribution in [0.5, 0.6) is 0 Å². The fourth-order valence-electron chi connectivity index (χ4n) is 8.70. The minimum absolute atomic E-state index is 0.0708. The van der Waals surface area contributed by atoms with Gasteiger partial charge in [-0.25, -0.2) is 14.3 Å².